The van der Waals surface area contributed by atoms with Crippen molar-refractivity contribution in [3.8, 4) is 5.75 Å². The molecule has 0 bridgehead atoms. The summed E-state index contributed by atoms with van der Waals surface area (Å²) in [6, 6.07) is 8.94. The Morgan fingerprint density at radius 2 is 2.06 bits per heavy atom. The van der Waals surface area contributed by atoms with Gasteiger partial charge in [0.25, 0.3) is 5.91 Å². The largest absolute Gasteiger partial charge is 0.573 e. The molecule has 1 aliphatic rings. The number of anilines is 3. The number of benzene rings is 1. The summed E-state index contributed by atoms with van der Waals surface area (Å²) in [7, 11) is 0. The fourth-order valence-electron chi connectivity index (χ4n) is 3.59. The van der Waals surface area contributed by atoms with E-state index in [0.717, 1.165) is 42.3 Å². The average molecular weight is 510 g/mol. The van der Waals surface area contributed by atoms with E-state index in [1.807, 2.05) is 12.1 Å². The van der Waals surface area contributed by atoms with E-state index in [2.05, 4.69) is 40.7 Å². The number of ether oxygens (including phenoxy) is 2. The summed E-state index contributed by atoms with van der Waals surface area (Å²) in [5.74, 6) is -0.232. The first-order chi connectivity index (χ1) is 16.8. The van der Waals surface area contributed by atoms with Crippen molar-refractivity contribution in [3.63, 3.8) is 0 Å². The van der Waals surface area contributed by atoms with Crippen molar-refractivity contribution in [1.29, 1.82) is 0 Å². The second-order valence-electron chi connectivity index (χ2n) is 7.52. The van der Waals surface area contributed by atoms with E-state index >= 15 is 0 Å². The van der Waals surface area contributed by atoms with Crippen LogP contribution in [0.25, 0.3) is 0 Å². The van der Waals surface area contributed by atoms with Gasteiger partial charge in [-0.25, -0.2) is 0 Å². The Kier molecular flexibility index (Phi) is 7.60. The summed E-state index contributed by atoms with van der Waals surface area (Å²) in [5.41, 5.74) is 0.212. The lowest BCUT2D eigenvalue weighted by Crippen LogP contribution is -2.26. The van der Waals surface area contributed by atoms with Gasteiger partial charge in [0.2, 0.25) is 10.3 Å². The lowest BCUT2D eigenvalue weighted by molar-refractivity contribution is -0.274. The van der Waals surface area contributed by atoms with E-state index in [-0.39, 0.29) is 23.3 Å². The van der Waals surface area contributed by atoms with Gasteiger partial charge in [-0.15, -0.1) is 28.5 Å². The summed E-state index contributed by atoms with van der Waals surface area (Å²) in [4.78, 5) is 15.0. The number of carbonyl (C=O) groups is 1. The number of hydrogen-bond acceptors (Lipinski definition) is 10. The molecule has 1 aliphatic heterocycles. The lowest BCUT2D eigenvalue weighted by atomic mass is 10.1. The van der Waals surface area contributed by atoms with E-state index < -0.39 is 24.1 Å². The van der Waals surface area contributed by atoms with Gasteiger partial charge in [-0.3, -0.25) is 10.1 Å². The maximum absolute atomic E-state index is 12.9. The van der Waals surface area contributed by atoms with Crippen LogP contribution in [0.3, 0.4) is 0 Å². The first-order valence-corrected chi connectivity index (χ1v) is 11.5. The van der Waals surface area contributed by atoms with Crippen molar-refractivity contribution in [1.82, 2.24) is 20.4 Å². The molecule has 0 saturated carbocycles. The van der Waals surface area contributed by atoms with E-state index in [1.165, 1.54) is 12.1 Å². The van der Waals surface area contributed by atoms with E-state index in [9.17, 15) is 18.0 Å². The highest BCUT2D eigenvalue weighted by molar-refractivity contribution is 7.19. The van der Waals surface area contributed by atoms with Crippen LogP contribution >= 0.6 is 11.3 Å². The number of nitrogens with one attached hydrogen (secondary N) is 2. The quantitative estimate of drug-likeness (QED) is 0.446. The Morgan fingerprint density at radius 1 is 1.23 bits per heavy atom. The van der Waals surface area contributed by atoms with Crippen molar-refractivity contribution in [2.24, 2.45) is 0 Å². The van der Waals surface area contributed by atoms with Gasteiger partial charge < -0.3 is 19.7 Å². The molecule has 35 heavy (non-hydrogen) atoms. The van der Waals surface area contributed by atoms with Gasteiger partial charge in [-0.05, 0) is 43.2 Å². The molecule has 14 heteroatoms. The minimum absolute atomic E-state index is 0.112. The molecule has 10 nitrogen and oxygen atoms in total. The molecule has 3 heterocycles. The normalized spacial score (nSPS) is 16.7. The molecule has 1 amide bonds. The average Bonchev–Trinajstić information content (AvgIpc) is 3.47. The molecule has 2 aromatic heterocycles. The van der Waals surface area contributed by atoms with Crippen LogP contribution in [-0.4, -0.2) is 58.4 Å². The molecule has 0 radical (unpaired) electrons. The third kappa shape index (κ3) is 6.76. The van der Waals surface area contributed by atoms with Gasteiger partial charge in [-0.1, -0.05) is 23.5 Å². The van der Waals surface area contributed by atoms with Gasteiger partial charge in [-0.2, -0.15) is 5.10 Å². The van der Waals surface area contributed by atoms with Crippen molar-refractivity contribution in [3.05, 3.63) is 48.2 Å². The molecular formula is C21H22F3N7O3S. The van der Waals surface area contributed by atoms with Gasteiger partial charge in [0.1, 0.15) is 5.75 Å². The number of alkyl halides is 3. The van der Waals surface area contributed by atoms with E-state index in [1.54, 1.807) is 13.1 Å². The molecule has 1 unspecified atom stereocenters. The van der Waals surface area contributed by atoms with Crippen LogP contribution in [0.1, 0.15) is 25.0 Å². The Bertz CT molecular complexity index is 1130. The molecule has 1 fully saturated rings. The first-order valence-electron chi connectivity index (χ1n) is 10.7. The zero-order valence-electron chi connectivity index (χ0n) is 18.5. The number of hydrogen-bond donors (Lipinski definition) is 2. The number of carbonyl (C=O) groups excluding carboxylic acids is 1. The zero-order chi connectivity index (χ0) is 24.8. The minimum atomic E-state index is -4.84. The predicted octanol–water partition coefficient (Wildman–Crippen LogP) is 3.63. The van der Waals surface area contributed by atoms with Gasteiger partial charge in [0.05, 0.1) is 0 Å². The molecule has 4 rings (SSSR count). The molecule has 3 aromatic rings. The van der Waals surface area contributed by atoms with Crippen molar-refractivity contribution in [2.45, 2.75) is 31.9 Å². The summed E-state index contributed by atoms with van der Waals surface area (Å²) < 4.78 is 47.1. The Hall–Kier alpha value is -3.52. The molecule has 0 aliphatic carbocycles. The first kappa shape index (κ1) is 24.6. The number of amides is 1. The van der Waals surface area contributed by atoms with Crippen LogP contribution in [0, 0.1) is 0 Å². The monoisotopic (exact) mass is 509 g/mol. The summed E-state index contributed by atoms with van der Waals surface area (Å²) in [5, 5.41) is 22.8. The van der Waals surface area contributed by atoms with Crippen LogP contribution in [0.5, 0.6) is 5.75 Å². The van der Waals surface area contributed by atoms with E-state index in [0.29, 0.717) is 11.7 Å². The standard InChI is InChI=1S/C21H22F3N7O3S/c1-2-33-17(13-5-3-6-15(11-13)34-21(22,23)24)18(32)27-20-30-29-19(35-20)26-14-8-10-31(12-14)16-7-4-9-25-28-16/h3-7,9,11,14,17H,2,8,10,12H2,1H3,(H,26,29)(H,27,30,32)/t14-,17?/m1/s1. The number of aromatic nitrogens is 4. The summed E-state index contributed by atoms with van der Waals surface area (Å²) in [6.07, 6.45) is -3.52. The fraction of sp³-hybridized carbons (Fsp3) is 0.381. The van der Waals surface area contributed by atoms with Crippen LogP contribution < -0.4 is 20.3 Å². The molecule has 1 aromatic carbocycles. The minimum Gasteiger partial charge on any atom is -0.406 e. The lowest BCUT2D eigenvalue weighted by Gasteiger charge is -2.17. The maximum atomic E-state index is 12.9. The fourth-order valence-corrected chi connectivity index (χ4v) is 4.31. The number of halogens is 3. The Morgan fingerprint density at radius 3 is 2.80 bits per heavy atom. The second kappa shape index (κ2) is 10.8. The van der Waals surface area contributed by atoms with Crippen molar-refractivity contribution in [2.75, 3.05) is 35.2 Å². The molecule has 2 atom stereocenters. The summed E-state index contributed by atoms with van der Waals surface area (Å²) >= 11 is 1.15. The van der Waals surface area contributed by atoms with Crippen LogP contribution in [0.15, 0.2) is 42.6 Å². The second-order valence-corrected chi connectivity index (χ2v) is 8.49. The highest BCUT2D eigenvalue weighted by atomic mass is 32.1. The van der Waals surface area contributed by atoms with Crippen LogP contribution in [0.4, 0.5) is 29.3 Å². The summed E-state index contributed by atoms with van der Waals surface area (Å²) in [6.45, 7) is 3.36. The molecule has 0 spiro atoms. The third-order valence-electron chi connectivity index (χ3n) is 5.02. The maximum Gasteiger partial charge on any atom is 0.573 e. The number of rotatable bonds is 9. The highest BCUT2D eigenvalue weighted by Gasteiger charge is 2.32. The SMILES string of the molecule is CCOC(C(=O)Nc1nnc(N[C@@H]2CCN(c3cccnn3)C2)s1)c1cccc(OC(F)(F)F)c1. The number of nitrogens with zero attached hydrogens (tertiary/aromatic N) is 5. The van der Waals surface area contributed by atoms with Crippen LogP contribution in [-0.2, 0) is 9.53 Å². The highest BCUT2D eigenvalue weighted by Crippen LogP contribution is 2.29. The predicted molar refractivity (Wildman–Crippen MR) is 122 cm³/mol. The Labute approximate surface area is 202 Å². The third-order valence-corrected chi connectivity index (χ3v) is 5.79. The van der Waals surface area contributed by atoms with Gasteiger partial charge in [0.15, 0.2) is 11.9 Å². The van der Waals surface area contributed by atoms with Gasteiger partial charge in [0, 0.05) is 31.9 Å². The Balaban J connectivity index is 1.37. The van der Waals surface area contributed by atoms with Crippen molar-refractivity contribution < 1.29 is 27.4 Å². The zero-order valence-corrected chi connectivity index (χ0v) is 19.3. The van der Waals surface area contributed by atoms with Gasteiger partial charge >= 0.3 is 6.36 Å². The van der Waals surface area contributed by atoms with E-state index in [4.69, 9.17) is 4.74 Å². The van der Waals surface area contributed by atoms with Crippen molar-refractivity contribution >= 4 is 33.3 Å². The molecular weight excluding hydrogens is 487 g/mol. The topological polar surface area (TPSA) is 114 Å². The molecule has 186 valence electrons. The molecule has 1 saturated heterocycles. The van der Waals surface area contributed by atoms with Crippen LogP contribution in [0.2, 0.25) is 0 Å². The molecule has 2 N–H and O–H groups in total. The smallest absolute Gasteiger partial charge is 0.406 e.